The largest absolute Gasteiger partial charge is 0.490 e. The topological polar surface area (TPSA) is 147 Å². The molecule has 0 saturated carbocycles. The van der Waals surface area contributed by atoms with Crippen LogP contribution in [0.3, 0.4) is 0 Å². The maximum absolute atomic E-state index is 12.9. The molecule has 1 fully saturated rings. The summed E-state index contributed by atoms with van der Waals surface area (Å²) >= 11 is 0. The molecular weight excluding hydrogens is 496 g/mol. The summed E-state index contributed by atoms with van der Waals surface area (Å²) in [7, 11) is 2.08. The fraction of sp³-hybridized carbons (Fsp3) is 0.286. The summed E-state index contributed by atoms with van der Waals surface area (Å²) < 4.78 is 13.5. The number of nitrogens with one attached hydrogen (secondary N) is 3. The second-order valence-corrected chi connectivity index (χ2v) is 9.41. The van der Waals surface area contributed by atoms with Crippen molar-refractivity contribution in [3.8, 4) is 17.3 Å². The van der Waals surface area contributed by atoms with E-state index in [1.54, 1.807) is 36.5 Å². The van der Waals surface area contributed by atoms with Crippen molar-refractivity contribution in [3.63, 3.8) is 0 Å². The van der Waals surface area contributed by atoms with Gasteiger partial charge in [0.05, 0.1) is 6.61 Å². The van der Waals surface area contributed by atoms with Crippen LogP contribution >= 0.6 is 0 Å². The van der Waals surface area contributed by atoms with Gasteiger partial charge in [-0.25, -0.2) is 9.78 Å². The van der Waals surface area contributed by atoms with Gasteiger partial charge in [-0.2, -0.15) is 4.68 Å². The standard InChI is InChI=1S/C28H32N8O3/c1-3-38-23-16-19(9-12-22(23)39-21-13-15-35(2)17-21)25(32-20-10-7-18(8-11-20)26(29)30)27-33-28(37)36(34-27)24-6-4-5-14-31-24/h4-12,14,16,21,25,32H,3,13,15,17H2,1-2H3,(H3,29,30)(H,33,34,37). The average Bonchev–Trinajstić information content (AvgIpc) is 3.54. The first-order chi connectivity index (χ1) is 18.9. The number of nitrogens with two attached hydrogens (primary N) is 1. The normalized spacial score (nSPS) is 16.1. The Kier molecular flexibility index (Phi) is 7.60. The SMILES string of the molecule is CCOc1cc(C(Nc2ccc(C(=N)N)cc2)c2nn(-c3ccccn3)c(=O)[nH]2)ccc1OC1CCN(C)C1. The Morgan fingerprint density at radius 1 is 1.21 bits per heavy atom. The third kappa shape index (κ3) is 5.93. The molecule has 0 spiro atoms. The molecule has 4 aromatic rings. The number of likely N-dealkylation sites (tertiary alicyclic amines) is 1. The lowest BCUT2D eigenvalue weighted by atomic mass is 10.0. The van der Waals surface area contributed by atoms with Crippen LogP contribution in [0.25, 0.3) is 5.82 Å². The molecule has 1 aliphatic rings. The summed E-state index contributed by atoms with van der Waals surface area (Å²) in [6, 6.07) is 17.7. The number of pyridine rings is 1. The average molecular weight is 529 g/mol. The molecule has 2 aromatic heterocycles. The van der Waals surface area contributed by atoms with E-state index in [2.05, 4.69) is 32.3 Å². The Hall–Kier alpha value is -4.64. The van der Waals surface area contributed by atoms with Crippen LogP contribution < -0.4 is 26.2 Å². The van der Waals surface area contributed by atoms with E-state index in [4.69, 9.17) is 20.6 Å². The van der Waals surface area contributed by atoms with Crippen LogP contribution in [0.2, 0.25) is 0 Å². The van der Waals surface area contributed by atoms with Crippen LogP contribution in [0.5, 0.6) is 11.5 Å². The first-order valence-corrected chi connectivity index (χ1v) is 12.8. The number of benzene rings is 2. The number of H-pyrrole nitrogens is 1. The predicted molar refractivity (Wildman–Crippen MR) is 149 cm³/mol. The van der Waals surface area contributed by atoms with Gasteiger partial charge < -0.3 is 25.4 Å². The third-order valence-electron chi connectivity index (χ3n) is 6.52. The van der Waals surface area contributed by atoms with Crippen LogP contribution in [0.1, 0.15) is 36.3 Å². The highest BCUT2D eigenvalue weighted by molar-refractivity contribution is 5.95. The lowest BCUT2D eigenvalue weighted by Gasteiger charge is -2.21. The maximum Gasteiger partial charge on any atom is 0.349 e. The number of likely N-dealkylation sites (N-methyl/N-ethyl adjacent to an activating group) is 1. The van der Waals surface area contributed by atoms with E-state index >= 15 is 0 Å². The van der Waals surface area contributed by atoms with Crippen molar-refractivity contribution in [3.05, 3.63) is 94.3 Å². The van der Waals surface area contributed by atoms with Gasteiger partial charge in [-0.05, 0) is 74.5 Å². The monoisotopic (exact) mass is 528 g/mol. The number of rotatable bonds is 10. The van der Waals surface area contributed by atoms with Crippen LogP contribution in [0.15, 0.2) is 71.7 Å². The first-order valence-electron chi connectivity index (χ1n) is 12.8. The molecule has 2 aromatic carbocycles. The quantitative estimate of drug-likeness (QED) is 0.181. The molecule has 39 heavy (non-hydrogen) atoms. The lowest BCUT2D eigenvalue weighted by Crippen LogP contribution is -2.22. The minimum Gasteiger partial charge on any atom is -0.490 e. The Balaban J connectivity index is 1.52. The second kappa shape index (κ2) is 11.4. The van der Waals surface area contributed by atoms with Crippen molar-refractivity contribution in [1.29, 1.82) is 5.41 Å². The van der Waals surface area contributed by atoms with Crippen molar-refractivity contribution in [1.82, 2.24) is 24.6 Å². The summed E-state index contributed by atoms with van der Waals surface area (Å²) in [5, 5.41) is 15.7. The highest BCUT2D eigenvalue weighted by Crippen LogP contribution is 2.35. The van der Waals surface area contributed by atoms with Gasteiger partial charge in [0.2, 0.25) is 0 Å². The molecule has 202 valence electrons. The zero-order chi connectivity index (χ0) is 27.4. The number of hydrogen-bond acceptors (Lipinski definition) is 8. The van der Waals surface area contributed by atoms with Gasteiger partial charge in [-0.3, -0.25) is 10.4 Å². The molecular formula is C28H32N8O3. The van der Waals surface area contributed by atoms with Crippen LogP contribution in [0.4, 0.5) is 5.69 Å². The second-order valence-electron chi connectivity index (χ2n) is 9.41. The van der Waals surface area contributed by atoms with E-state index in [1.807, 2.05) is 37.3 Å². The summed E-state index contributed by atoms with van der Waals surface area (Å²) in [6.45, 7) is 4.26. The van der Waals surface area contributed by atoms with E-state index in [0.717, 1.165) is 30.8 Å². The summed E-state index contributed by atoms with van der Waals surface area (Å²) in [5.74, 6) is 2.10. The number of ether oxygens (including phenoxy) is 2. The maximum atomic E-state index is 12.9. The lowest BCUT2D eigenvalue weighted by molar-refractivity contribution is 0.195. The van der Waals surface area contributed by atoms with Crippen LogP contribution in [-0.4, -0.2) is 63.3 Å². The minimum atomic E-state index is -0.545. The Bertz CT molecular complexity index is 1480. The Morgan fingerprint density at radius 3 is 2.69 bits per heavy atom. The molecule has 3 heterocycles. The molecule has 11 nitrogen and oxygen atoms in total. The molecule has 2 unspecified atom stereocenters. The van der Waals surface area contributed by atoms with Gasteiger partial charge in [0, 0.05) is 30.5 Å². The van der Waals surface area contributed by atoms with Crippen molar-refractivity contribution < 1.29 is 9.47 Å². The van der Waals surface area contributed by atoms with Gasteiger partial charge in [-0.15, -0.1) is 5.10 Å². The van der Waals surface area contributed by atoms with Crippen LogP contribution in [-0.2, 0) is 0 Å². The number of amidine groups is 1. The molecule has 11 heteroatoms. The number of hydrogen-bond donors (Lipinski definition) is 4. The molecule has 5 N–H and O–H groups in total. The van der Waals surface area contributed by atoms with Crippen molar-refractivity contribution in [2.45, 2.75) is 25.5 Å². The summed E-state index contributed by atoms with van der Waals surface area (Å²) in [6.07, 6.45) is 2.66. The van der Waals surface area contributed by atoms with Gasteiger partial charge in [0.15, 0.2) is 23.1 Å². The van der Waals surface area contributed by atoms with Gasteiger partial charge in [0.25, 0.3) is 0 Å². The molecule has 1 aliphatic heterocycles. The van der Waals surface area contributed by atoms with Crippen molar-refractivity contribution in [2.24, 2.45) is 5.73 Å². The fourth-order valence-corrected chi connectivity index (χ4v) is 4.57. The molecule has 0 aliphatic carbocycles. The molecule has 0 radical (unpaired) electrons. The smallest absolute Gasteiger partial charge is 0.349 e. The van der Waals surface area contributed by atoms with E-state index in [0.29, 0.717) is 35.3 Å². The number of anilines is 1. The van der Waals surface area contributed by atoms with E-state index in [9.17, 15) is 4.79 Å². The molecule has 0 bridgehead atoms. The number of nitrogens with zero attached hydrogens (tertiary/aromatic N) is 4. The van der Waals surface area contributed by atoms with Gasteiger partial charge in [-0.1, -0.05) is 12.1 Å². The number of nitrogen functional groups attached to an aromatic ring is 1. The van der Waals surface area contributed by atoms with E-state index in [1.165, 1.54) is 4.68 Å². The third-order valence-corrected chi connectivity index (χ3v) is 6.52. The zero-order valence-electron chi connectivity index (χ0n) is 21.9. The van der Waals surface area contributed by atoms with Gasteiger partial charge >= 0.3 is 5.69 Å². The highest BCUT2D eigenvalue weighted by atomic mass is 16.5. The zero-order valence-corrected chi connectivity index (χ0v) is 21.9. The summed E-state index contributed by atoms with van der Waals surface area (Å²) in [5.41, 5.74) is 7.40. The molecule has 0 amide bonds. The van der Waals surface area contributed by atoms with Crippen molar-refractivity contribution >= 4 is 11.5 Å². The Morgan fingerprint density at radius 2 is 2.03 bits per heavy atom. The van der Waals surface area contributed by atoms with Gasteiger partial charge in [0.1, 0.15) is 18.0 Å². The van der Waals surface area contributed by atoms with E-state index in [-0.39, 0.29) is 11.9 Å². The van der Waals surface area contributed by atoms with Crippen LogP contribution in [0, 0.1) is 5.41 Å². The first kappa shape index (κ1) is 26.0. The molecule has 5 rings (SSSR count). The summed E-state index contributed by atoms with van der Waals surface area (Å²) in [4.78, 5) is 22.3. The van der Waals surface area contributed by atoms with Crippen molar-refractivity contribution in [2.75, 3.05) is 32.1 Å². The predicted octanol–water partition coefficient (Wildman–Crippen LogP) is 2.92. The molecule has 1 saturated heterocycles. The molecule has 2 atom stereocenters. The highest BCUT2D eigenvalue weighted by Gasteiger charge is 2.25. The van der Waals surface area contributed by atoms with E-state index < -0.39 is 11.7 Å². The fourth-order valence-electron chi connectivity index (χ4n) is 4.57. The Labute approximate surface area is 226 Å². The number of aromatic nitrogens is 4. The number of aromatic amines is 1. The minimum absolute atomic E-state index is 0.0121.